The number of carbonyl (C=O) groups excluding carboxylic acids is 1. The van der Waals surface area contributed by atoms with Crippen molar-refractivity contribution in [2.24, 2.45) is 0 Å². The molecule has 0 bridgehead atoms. The molecule has 0 unspecified atom stereocenters. The van der Waals surface area contributed by atoms with Crippen molar-refractivity contribution in [3.63, 3.8) is 0 Å². The zero-order valence-corrected chi connectivity index (χ0v) is 12.7. The van der Waals surface area contributed by atoms with E-state index in [1.165, 1.54) is 24.3 Å². The van der Waals surface area contributed by atoms with Crippen molar-refractivity contribution < 1.29 is 9.72 Å². The molecule has 1 aromatic carbocycles. The normalized spacial score (nSPS) is 10.6. The second kappa shape index (κ2) is 9.07. The van der Waals surface area contributed by atoms with E-state index in [0.717, 1.165) is 38.8 Å². The van der Waals surface area contributed by atoms with E-state index in [-0.39, 0.29) is 11.6 Å². The van der Waals surface area contributed by atoms with Gasteiger partial charge in [0.25, 0.3) is 11.6 Å². The maximum Gasteiger partial charge on any atom is 0.269 e. The van der Waals surface area contributed by atoms with Crippen molar-refractivity contribution in [2.75, 3.05) is 13.1 Å². The van der Waals surface area contributed by atoms with Crippen molar-refractivity contribution in [3.8, 4) is 0 Å². The Balaban J connectivity index is 2.64. The third-order valence-electron chi connectivity index (χ3n) is 3.16. The predicted molar refractivity (Wildman–Crippen MR) is 82.0 cm³/mol. The highest BCUT2D eigenvalue weighted by molar-refractivity contribution is 5.94. The standard InChI is InChI=1S/C15H23N3O3/c1-3-5-11-17(12-6-4-2)16-15(19)13-7-9-14(10-8-13)18(20)21/h7-10H,3-6,11-12H2,1-2H3,(H,16,19). The largest absolute Gasteiger partial charge is 0.285 e. The van der Waals surface area contributed by atoms with Gasteiger partial charge in [-0.3, -0.25) is 20.3 Å². The number of non-ortho nitro benzene ring substituents is 1. The average Bonchev–Trinajstić information content (AvgIpc) is 2.49. The van der Waals surface area contributed by atoms with Gasteiger partial charge >= 0.3 is 0 Å². The molecule has 0 radical (unpaired) electrons. The zero-order chi connectivity index (χ0) is 15.7. The number of carbonyl (C=O) groups is 1. The molecule has 0 aliphatic carbocycles. The fourth-order valence-corrected chi connectivity index (χ4v) is 1.86. The lowest BCUT2D eigenvalue weighted by atomic mass is 10.2. The van der Waals surface area contributed by atoms with Crippen LogP contribution in [-0.2, 0) is 0 Å². The summed E-state index contributed by atoms with van der Waals surface area (Å²) in [6.45, 7) is 5.84. The summed E-state index contributed by atoms with van der Waals surface area (Å²) < 4.78 is 0. The van der Waals surface area contributed by atoms with Crippen LogP contribution in [0, 0.1) is 10.1 Å². The molecule has 116 valence electrons. The van der Waals surface area contributed by atoms with Gasteiger partial charge in [0.05, 0.1) is 4.92 Å². The Morgan fingerprint density at radius 2 is 1.67 bits per heavy atom. The van der Waals surface area contributed by atoms with Crippen molar-refractivity contribution in [1.29, 1.82) is 0 Å². The minimum Gasteiger partial charge on any atom is -0.285 e. The lowest BCUT2D eigenvalue weighted by Crippen LogP contribution is -2.43. The van der Waals surface area contributed by atoms with E-state index in [4.69, 9.17) is 0 Å². The summed E-state index contributed by atoms with van der Waals surface area (Å²) >= 11 is 0. The highest BCUT2D eigenvalue weighted by Gasteiger charge is 2.12. The minimum absolute atomic E-state index is 0.0135. The van der Waals surface area contributed by atoms with Crippen LogP contribution < -0.4 is 5.43 Å². The summed E-state index contributed by atoms with van der Waals surface area (Å²) in [5.41, 5.74) is 3.29. The van der Waals surface area contributed by atoms with E-state index in [1.54, 1.807) is 0 Å². The van der Waals surface area contributed by atoms with Gasteiger partial charge in [-0.15, -0.1) is 0 Å². The number of hydrazine groups is 1. The molecule has 0 fully saturated rings. The van der Waals surface area contributed by atoms with Gasteiger partial charge in [0.1, 0.15) is 0 Å². The third kappa shape index (κ3) is 5.91. The molecule has 1 amide bonds. The van der Waals surface area contributed by atoms with Crippen molar-refractivity contribution >= 4 is 11.6 Å². The first-order valence-corrected chi connectivity index (χ1v) is 7.38. The van der Waals surface area contributed by atoms with Crippen molar-refractivity contribution in [1.82, 2.24) is 10.4 Å². The molecular weight excluding hydrogens is 270 g/mol. The number of hydrogen-bond acceptors (Lipinski definition) is 4. The van der Waals surface area contributed by atoms with E-state index in [1.807, 2.05) is 5.01 Å². The number of nitrogens with zero attached hydrogens (tertiary/aromatic N) is 2. The van der Waals surface area contributed by atoms with Crippen LogP contribution in [0.3, 0.4) is 0 Å². The number of nitrogens with one attached hydrogen (secondary N) is 1. The third-order valence-corrected chi connectivity index (χ3v) is 3.16. The summed E-state index contributed by atoms with van der Waals surface area (Å²) in [6, 6.07) is 5.64. The SMILES string of the molecule is CCCCN(CCCC)NC(=O)c1ccc([N+](=O)[O-])cc1. The number of benzene rings is 1. The number of amides is 1. The van der Waals surface area contributed by atoms with Crippen LogP contribution in [0.2, 0.25) is 0 Å². The summed E-state index contributed by atoms with van der Waals surface area (Å²) in [4.78, 5) is 22.3. The van der Waals surface area contributed by atoms with Gasteiger partial charge in [0, 0.05) is 30.8 Å². The van der Waals surface area contributed by atoms with Gasteiger partial charge in [-0.25, -0.2) is 5.01 Å². The summed E-state index contributed by atoms with van der Waals surface area (Å²) in [5.74, 6) is -0.225. The lowest BCUT2D eigenvalue weighted by molar-refractivity contribution is -0.384. The molecule has 0 saturated carbocycles. The highest BCUT2D eigenvalue weighted by Crippen LogP contribution is 2.12. The van der Waals surface area contributed by atoms with Crippen LogP contribution in [-0.4, -0.2) is 28.9 Å². The number of nitro benzene ring substituents is 1. The molecule has 0 atom stereocenters. The molecule has 6 nitrogen and oxygen atoms in total. The first-order chi connectivity index (χ1) is 10.1. The van der Waals surface area contributed by atoms with Gasteiger partial charge in [-0.05, 0) is 25.0 Å². The summed E-state index contributed by atoms with van der Waals surface area (Å²) in [7, 11) is 0. The molecule has 0 aliphatic heterocycles. The van der Waals surface area contributed by atoms with E-state index in [2.05, 4.69) is 19.3 Å². The van der Waals surface area contributed by atoms with Crippen LogP contribution in [0.15, 0.2) is 24.3 Å². The van der Waals surface area contributed by atoms with Crippen LogP contribution >= 0.6 is 0 Å². The van der Waals surface area contributed by atoms with Gasteiger partial charge in [0.15, 0.2) is 0 Å². The average molecular weight is 293 g/mol. The molecule has 1 aromatic rings. The molecule has 21 heavy (non-hydrogen) atoms. The quantitative estimate of drug-likeness (QED) is 0.560. The number of hydrogen-bond donors (Lipinski definition) is 1. The molecule has 1 N–H and O–H groups in total. The van der Waals surface area contributed by atoms with E-state index in [0.29, 0.717) is 5.56 Å². The maximum atomic E-state index is 12.1. The van der Waals surface area contributed by atoms with Gasteiger partial charge in [0.2, 0.25) is 0 Å². The molecule has 0 spiro atoms. The molecular formula is C15H23N3O3. The Hall–Kier alpha value is -1.95. The highest BCUT2D eigenvalue weighted by atomic mass is 16.6. The van der Waals surface area contributed by atoms with Crippen LogP contribution in [0.1, 0.15) is 49.9 Å². The Labute approximate surface area is 125 Å². The van der Waals surface area contributed by atoms with E-state index < -0.39 is 4.92 Å². The molecule has 1 rings (SSSR count). The Kier molecular flexibility index (Phi) is 7.39. The van der Waals surface area contributed by atoms with Crippen molar-refractivity contribution in [3.05, 3.63) is 39.9 Å². The fourth-order valence-electron chi connectivity index (χ4n) is 1.86. The lowest BCUT2D eigenvalue weighted by Gasteiger charge is -2.22. The van der Waals surface area contributed by atoms with Crippen LogP contribution in [0.4, 0.5) is 5.69 Å². The monoisotopic (exact) mass is 293 g/mol. The second-order valence-electron chi connectivity index (χ2n) is 4.94. The number of nitro groups is 1. The van der Waals surface area contributed by atoms with Crippen molar-refractivity contribution in [2.45, 2.75) is 39.5 Å². The Bertz CT molecular complexity index is 452. The molecule has 0 saturated heterocycles. The van der Waals surface area contributed by atoms with Gasteiger partial charge in [-0.2, -0.15) is 0 Å². The summed E-state index contributed by atoms with van der Waals surface area (Å²) in [5, 5.41) is 12.5. The summed E-state index contributed by atoms with van der Waals surface area (Å²) in [6.07, 6.45) is 4.17. The molecule has 0 aromatic heterocycles. The number of unbranched alkanes of at least 4 members (excludes halogenated alkanes) is 2. The Morgan fingerprint density at radius 3 is 2.10 bits per heavy atom. The predicted octanol–water partition coefficient (Wildman–Crippen LogP) is 3.14. The van der Waals surface area contributed by atoms with Gasteiger partial charge < -0.3 is 0 Å². The Morgan fingerprint density at radius 1 is 1.14 bits per heavy atom. The second-order valence-corrected chi connectivity index (χ2v) is 4.94. The van der Waals surface area contributed by atoms with E-state index in [9.17, 15) is 14.9 Å². The van der Waals surface area contributed by atoms with Crippen LogP contribution in [0.5, 0.6) is 0 Å². The minimum atomic E-state index is -0.476. The molecule has 0 aliphatic rings. The first kappa shape index (κ1) is 17.1. The van der Waals surface area contributed by atoms with E-state index >= 15 is 0 Å². The smallest absolute Gasteiger partial charge is 0.269 e. The van der Waals surface area contributed by atoms with Crippen LogP contribution in [0.25, 0.3) is 0 Å². The van der Waals surface area contributed by atoms with Gasteiger partial charge in [-0.1, -0.05) is 26.7 Å². The molecule has 0 heterocycles. The maximum absolute atomic E-state index is 12.1. The fraction of sp³-hybridized carbons (Fsp3) is 0.533. The molecule has 6 heteroatoms. The zero-order valence-electron chi connectivity index (χ0n) is 12.7. The topological polar surface area (TPSA) is 75.5 Å². The first-order valence-electron chi connectivity index (χ1n) is 7.38. The number of rotatable bonds is 9.